The molecular weight excluding hydrogens is 342 g/mol. The van der Waals surface area contributed by atoms with E-state index in [1.165, 1.54) is 5.56 Å². The fourth-order valence-corrected chi connectivity index (χ4v) is 3.75. The molecule has 27 heavy (non-hydrogen) atoms. The Balaban J connectivity index is 1.45. The molecule has 2 amide bonds. The third-order valence-electron chi connectivity index (χ3n) is 5.56. The van der Waals surface area contributed by atoms with E-state index in [1.807, 2.05) is 17.0 Å². The van der Waals surface area contributed by atoms with Crippen molar-refractivity contribution in [1.29, 1.82) is 0 Å². The largest absolute Gasteiger partial charge is 0.449 e. The van der Waals surface area contributed by atoms with Gasteiger partial charge in [-0.25, -0.2) is 4.79 Å². The molecule has 0 aliphatic carbocycles. The summed E-state index contributed by atoms with van der Waals surface area (Å²) >= 11 is 0. The summed E-state index contributed by atoms with van der Waals surface area (Å²) in [6, 6.07) is 8.17. The molecule has 1 aromatic rings. The van der Waals surface area contributed by atoms with Gasteiger partial charge in [0.05, 0.1) is 12.5 Å². The number of amides is 2. The van der Waals surface area contributed by atoms with Gasteiger partial charge >= 0.3 is 6.09 Å². The number of likely N-dealkylation sites (tertiary alicyclic amines) is 1. The van der Waals surface area contributed by atoms with Gasteiger partial charge in [0.1, 0.15) is 0 Å². The van der Waals surface area contributed by atoms with Crippen molar-refractivity contribution in [3.8, 4) is 0 Å². The van der Waals surface area contributed by atoms with Gasteiger partial charge in [0.15, 0.2) is 0 Å². The van der Waals surface area contributed by atoms with Crippen molar-refractivity contribution in [3.05, 3.63) is 29.8 Å². The van der Waals surface area contributed by atoms with Gasteiger partial charge < -0.3 is 20.3 Å². The van der Waals surface area contributed by atoms with Crippen LogP contribution in [0.5, 0.6) is 0 Å². The Morgan fingerprint density at radius 2 is 1.93 bits per heavy atom. The topological polar surface area (TPSA) is 70.7 Å². The summed E-state index contributed by atoms with van der Waals surface area (Å²) in [5, 5.41) is 6.23. The highest BCUT2D eigenvalue weighted by molar-refractivity contribution is 5.92. The molecule has 0 aromatic heterocycles. The Morgan fingerprint density at radius 1 is 1.19 bits per heavy atom. The van der Waals surface area contributed by atoms with E-state index in [0.717, 1.165) is 64.0 Å². The zero-order valence-electron chi connectivity index (χ0n) is 16.2. The molecule has 6 nitrogen and oxygen atoms in total. The molecule has 2 N–H and O–H groups in total. The third kappa shape index (κ3) is 5.45. The molecule has 1 atom stereocenters. The zero-order chi connectivity index (χ0) is 19.1. The van der Waals surface area contributed by atoms with Crippen molar-refractivity contribution >= 4 is 17.7 Å². The van der Waals surface area contributed by atoms with Gasteiger partial charge in [-0.2, -0.15) is 0 Å². The first kappa shape index (κ1) is 19.7. The van der Waals surface area contributed by atoms with Crippen LogP contribution in [0.25, 0.3) is 0 Å². The van der Waals surface area contributed by atoms with Gasteiger partial charge in [0.2, 0.25) is 5.91 Å². The van der Waals surface area contributed by atoms with Crippen LogP contribution in [0.2, 0.25) is 0 Å². The van der Waals surface area contributed by atoms with E-state index in [2.05, 4.69) is 29.7 Å². The third-order valence-corrected chi connectivity index (χ3v) is 5.56. The number of carbonyl (C=O) groups excluding carboxylic acids is 2. The van der Waals surface area contributed by atoms with Gasteiger partial charge in [-0.15, -0.1) is 0 Å². The van der Waals surface area contributed by atoms with Crippen LogP contribution in [0.3, 0.4) is 0 Å². The van der Waals surface area contributed by atoms with Crippen molar-refractivity contribution in [2.75, 3.05) is 38.1 Å². The van der Waals surface area contributed by atoms with Gasteiger partial charge in [-0.05, 0) is 55.8 Å². The summed E-state index contributed by atoms with van der Waals surface area (Å²) in [6.07, 6.45) is 4.57. The molecule has 6 heteroatoms. The van der Waals surface area contributed by atoms with E-state index in [1.54, 1.807) is 0 Å². The molecule has 2 saturated heterocycles. The monoisotopic (exact) mass is 373 g/mol. The van der Waals surface area contributed by atoms with E-state index in [0.29, 0.717) is 12.5 Å². The number of ether oxygens (including phenoxy) is 1. The summed E-state index contributed by atoms with van der Waals surface area (Å²) in [5.41, 5.74) is 2.13. The summed E-state index contributed by atoms with van der Waals surface area (Å²) in [5.74, 6) is 0.627. The van der Waals surface area contributed by atoms with Crippen LogP contribution in [0.15, 0.2) is 24.3 Å². The smallest absolute Gasteiger partial charge is 0.409 e. The number of carbonyl (C=O) groups is 2. The normalized spacial score (nSPS) is 20.5. The Kier molecular flexibility index (Phi) is 7.10. The number of nitrogens with zero attached hydrogens (tertiary/aromatic N) is 1. The van der Waals surface area contributed by atoms with E-state index >= 15 is 0 Å². The average Bonchev–Trinajstić information content (AvgIpc) is 3.24. The number of anilines is 1. The summed E-state index contributed by atoms with van der Waals surface area (Å²) in [6.45, 7) is 5.76. The van der Waals surface area contributed by atoms with Crippen LogP contribution in [0.1, 0.15) is 50.5 Å². The van der Waals surface area contributed by atoms with E-state index in [-0.39, 0.29) is 17.9 Å². The maximum absolute atomic E-state index is 12.2. The van der Waals surface area contributed by atoms with Crippen molar-refractivity contribution in [3.63, 3.8) is 0 Å². The first-order valence-electron chi connectivity index (χ1n) is 10.2. The molecule has 2 aliphatic heterocycles. The second-order valence-electron chi connectivity index (χ2n) is 7.53. The molecule has 3 rings (SSSR count). The molecule has 1 unspecified atom stereocenters. The lowest BCUT2D eigenvalue weighted by molar-refractivity contribution is -0.119. The molecule has 148 valence electrons. The molecule has 2 fully saturated rings. The van der Waals surface area contributed by atoms with E-state index < -0.39 is 0 Å². The number of benzene rings is 1. The minimum Gasteiger partial charge on any atom is -0.449 e. The Morgan fingerprint density at radius 3 is 2.56 bits per heavy atom. The van der Waals surface area contributed by atoms with Crippen LogP contribution in [0, 0.1) is 5.92 Å². The minimum atomic E-state index is -0.179. The number of piperidine rings is 1. The molecule has 1 aromatic carbocycles. The van der Waals surface area contributed by atoms with Crippen LogP contribution < -0.4 is 10.6 Å². The Hall–Kier alpha value is -2.08. The highest BCUT2D eigenvalue weighted by atomic mass is 16.6. The second kappa shape index (κ2) is 9.74. The summed E-state index contributed by atoms with van der Waals surface area (Å²) < 4.78 is 5.30. The summed E-state index contributed by atoms with van der Waals surface area (Å²) in [7, 11) is 0. The van der Waals surface area contributed by atoms with Crippen LogP contribution >= 0.6 is 0 Å². The van der Waals surface area contributed by atoms with Crippen molar-refractivity contribution in [2.45, 2.75) is 44.9 Å². The first-order valence-corrected chi connectivity index (χ1v) is 10.2. The van der Waals surface area contributed by atoms with Crippen LogP contribution in [-0.2, 0) is 9.53 Å². The molecule has 0 radical (unpaired) electrons. The number of unbranched alkanes of at least 4 members (excludes halogenated alkanes) is 1. The fraction of sp³-hybridized carbons (Fsp3) is 0.619. The van der Waals surface area contributed by atoms with Crippen molar-refractivity contribution < 1.29 is 14.3 Å². The lowest BCUT2D eigenvalue weighted by Gasteiger charge is -2.31. The Bertz CT molecular complexity index is 618. The SMILES string of the molecule is CCCCOC(=O)N1CCC(c2ccc(NC(=O)C3CCNC3)cc2)CC1. The lowest BCUT2D eigenvalue weighted by atomic mass is 9.89. The predicted molar refractivity (Wildman–Crippen MR) is 106 cm³/mol. The quantitative estimate of drug-likeness (QED) is 0.750. The van der Waals surface area contributed by atoms with Gasteiger partial charge in [0.25, 0.3) is 0 Å². The van der Waals surface area contributed by atoms with Crippen molar-refractivity contribution in [2.24, 2.45) is 5.92 Å². The zero-order valence-corrected chi connectivity index (χ0v) is 16.2. The summed E-state index contributed by atoms with van der Waals surface area (Å²) in [4.78, 5) is 26.0. The van der Waals surface area contributed by atoms with Crippen LogP contribution in [-0.4, -0.2) is 49.7 Å². The molecule has 2 heterocycles. The lowest BCUT2D eigenvalue weighted by Crippen LogP contribution is -2.38. The predicted octanol–water partition coefficient (Wildman–Crippen LogP) is 3.35. The van der Waals surface area contributed by atoms with E-state index in [9.17, 15) is 9.59 Å². The number of hydrogen-bond donors (Lipinski definition) is 2. The standard InChI is InChI=1S/C21H31N3O3/c1-2-3-14-27-21(26)24-12-9-17(10-13-24)16-4-6-19(7-5-16)23-20(25)18-8-11-22-15-18/h4-7,17-18,22H,2-3,8-15H2,1H3,(H,23,25). The molecule has 0 saturated carbocycles. The first-order chi connectivity index (χ1) is 13.2. The number of rotatable bonds is 6. The number of hydrogen-bond acceptors (Lipinski definition) is 4. The molecular formula is C21H31N3O3. The maximum atomic E-state index is 12.2. The van der Waals surface area contributed by atoms with Crippen molar-refractivity contribution in [1.82, 2.24) is 10.2 Å². The fourth-order valence-electron chi connectivity index (χ4n) is 3.75. The average molecular weight is 373 g/mol. The minimum absolute atomic E-state index is 0.0751. The second-order valence-corrected chi connectivity index (χ2v) is 7.53. The number of nitrogens with one attached hydrogen (secondary N) is 2. The van der Waals surface area contributed by atoms with Gasteiger partial charge in [0, 0.05) is 25.3 Å². The highest BCUT2D eigenvalue weighted by Crippen LogP contribution is 2.29. The van der Waals surface area contributed by atoms with Gasteiger partial charge in [-0.1, -0.05) is 25.5 Å². The Labute approximate surface area is 161 Å². The van der Waals surface area contributed by atoms with E-state index in [4.69, 9.17) is 4.74 Å². The molecule has 0 spiro atoms. The molecule has 0 bridgehead atoms. The maximum Gasteiger partial charge on any atom is 0.409 e. The van der Waals surface area contributed by atoms with Crippen LogP contribution in [0.4, 0.5) is 10.5 Å². The highest BCUT2D eigenvalue weighted by Gasteiger charge is 2.25. The van der Waals surface area contributed by atoms with Gasteiger partial charge in [-0.3, -0.25) is 4.79 Å². The molecule has 2 aliphatic rings.